The number of halogens is 2. The molecule has 3 aromatic rings. The van der Waals surface area contributed by atoms with Crippen LogP contribution < -0.4 is 5.32 Å². The van der Waals surface area contributed by atoms with Crippen molar-refractivity contribution in [2.24, 2.45) is 0 Å². The molecule has 3 nitrogen and oxygen atoms in total. The zero-order valence-corrected chi connectivity index (χ0v) is 13.5. The molecule has 21 heavy (non-hydrogen) atoms. The monoisotopic (exact) mass is 361 g/mol. The number of benzene rings is 2. The van der Waals surface area contributed by atoms with E-state index >= 15 is 0 Å². The van der Waals surface area contributed by atoms with E-state index in [0.29, 0.717) is 6.54 Å². The Morgan fingerprint density at radius 2 is 2.10 bits per heavy atom. The molecule has 0 atom stereocenters. The van der Waals surface area contributed by atoms with Crippen LogP contribution in [0.5, 0.6) is 0 Å². The average molecular weight is 363 g/mol. The summed E-state index contributed by atoms with van der Waals surface area (Å²) in [5.74, 6) is 0. The van der Waals surface area contributed by atoms with Crippen molar-refractivity contribution in [3.63, 3.8) is 0 Å². The summed E-state index contributed by atoms with van der Waals surface area (Å²) >= 11 is 9.57. The van der Waals surface area contributed by atoms with Crippen molar-refractivity contribution in [1.82, 2.24) is 9.55 Å². The first kappa shape index (κ1) is 14.2. The minimum Gasteiger partial charge on any atom is -0.381 e. The zero-order valence-electron chi connectivity index (χ0n) is 11.1. The van der Waals surface area contributed by atoms with Crippen molar-refractivity contribution in [1.29, 1.82) is 0 Å². The molecule has 1 aromatic heterocycles. The van der Waals surface area contributed by atoms with Gasteiger partial charge in [-0.25, -0.2) is 4.98 Å². The zero-order chi connectivity index (χ0) is 14.7. The Kier molecular flexibility index (Phi) is 4.27. The SMILES string of the molecule is Clc1ccc(Br)c(CNc2cccc(-n3ccnc3)c2)c1. The fraction of sp³-hybridized carbons (Fsp3) is 0.0625. The average Bonchev–Trinajstić information content (AvgIpc) is 3.03. The number of rotatable bonds is 4. The number of nitrogens with zero attached hydrogens (tertiary/aromatic N) is 2. The third kappa shape index (κ3) is 3.46. The van der Waals surface area contributed by atoms with Gasteiger partial charge in [0.2, 0.25) is 0 Å². The van der Waals surface area contributed by atoms with Gasteiger partial charge in [-0.05, 0) is 42.0 Å². The number of hydrogen-bond donors (Lipinski definition) is 1. The van der Waals surface area contributed by atoms with Crippen molar-refractivity contribution in [3.05, 3.63) is 76.2 Å². The first-order chi connectivity index (χ1) is 10.2. The van der Waals surface area contributed by atoms with Crippen LogP contribution in [0, 0.1) is 0 Å². The second-order valence-electron chi connectivity index (χ2n) is 4.61. The fourth-order valence-electron chi connectivity index (χ4n) is 2.06. The molecule has 0 bridgehead atoms. The minimum atomic E-state index is 0.703. The summed E-state index contributed by atoms with van der Waals surface area (Å²) in [6.07, 6.45) is 5.47. The van der Waals surface area contributed by atoms with E-state index in [-0.39, 0.29) is 0 Å². The lowest BCUT2D eigenvalue weighted by Gasteiger charge is -2.10. The quantitative estimate of drug-likeness (QED) is 0.715. The highest BCUT2D eigenvalue weighted by Gasteiger charge is 2.02. The Morgan fingerprint density at radius 3 is 2.90 bits per heavy atom. The molecule has 2 aromatic carbocycles. The molecule has 0 radical (unpaired) electrons. The lowest BCUT2D eigenvalue weighted by atomic mass is 10.2. The van der Waals surface area contributed by atoms with Gasteiger partial charge >= 0.3 is 0 Å². The Bertz CT molecular complexity index is 741. The lowest BCUT2D eigenvalue weighted by molar-refractivity contribution is 1.05. The van der Waals surface area contributed by atoms with E-state index in [1.807, 2.05) is 47.2 Å². The predicted octanol–water partition coefficient (Wildman–Crippen LogP) is 4.90. The fourth-order valence-corrected chi connectivity index (χ4v) is 2.65. The van der Waals surface area contributed by atoms with Gasteiger partial charge in [0.05, 0.1) is 6.33 Å². The van der Waals surface area contributed by atoms with Crippen LogP contribution >= 0.6 is 27.5 Å². The normalized spacial score (nSPS) is 10.6. The second kappa shape index (κ2) is 6.33. The third-order valence-electron chi connectivity index (χ3n) is 3.14. The Morgan fingerprint density at radius 1 is 1.19 bits per heavy atom. The van der Waals surface area contributed by atoms with Gasteiger partial charge in [0.15, 0.2) is 0 Å². The van der Waals surface area contributed by atoms with Crippen molar-refractivity contribution >= 4 is 33.2 Å². The van der Waals surface area contributed by atoms with Gasteiger partial charge in [0.25, 0.3) is 0 Å². The Balaban J connectivity index is 1.76. The lowest BCUT2D eigenvalue weighted by Crippen LogP contribution is -2.01. The van der Waals surface area contributed by atoms with Crippen molar-refractivity contribution in [2.75, 3.05) is 5.32 Å². The predicted molar refractivity (Wildman–Crippen MR) is 90.0 cm³/mol. The molecule has 0 amide bonds. The topological polar surface area (TPSA) is 29.9 Å². The van der Waals surface area contributed by atoms with Gasteiger partial charge in [-0.1, -0.05) is 33.6 Å². The number of nitrogens with one attached hydrogen (secondary N) is 1. The van der Waals surface area contributed by atoms with Crippen LogP contribution in [0.2, 0.25) is 5.02 Å². The first-order valence-electron chi connectivity index (χ1n) is 6.48. The molecule has 0 aliphatic carbocycles. The maximum atomic E-state index is 6.03. The van der Waals surface area contributed by atoms with E-state index < -0.39 is 0 Å². The molecule has 1 heterocycles. The summed E-state index contributed by atoms with van der Waals surface area (Å²) in [7, 11) is 0. The summed E-state index contributed by atoms with van der Waals surface area (Å²) in [4.78, 5) is 4.06. The van der Waals surface area contributed by atoms with E-state index in [1.165, 1.54) is 0 Å². The van der Waals surface area contributed by atoms with E-state index in [4.69, 9.17) is 11.6 Å². The van der Waals surface area contributed by atoms with Gasteiger partial charge in [-0.15, -0.1) is 0 Å². The van der Waals surface area contributed by atoms with Crippen LogP contribution in [-0.2, 0) is 6.54 Å². The van der Waals surface area contributed by atoms with Crippen LogP contribution in [0.25, 0.3) is 5.69 Å². The summed E-state index contributed by atoms with van der Waals surface area (Å²) in [6.45, 7) is 0.703. The van der Waals surface area contributed by atoms with Crippen LogP contribution in [0.1, 0.15) is 5.56 Å². The number of imidazole rings is 1. The smallest absolute Gasteiger partial charge is 0.0991 e. The van der Waals surface area contributed by atoms with Crippen molar-refractivity contribution < 1.29 is 0 Å². The molecule has 0 aliphatic rings. The number of hydrogen-bond acceptors (Lipinski definition) is 2. The van der Waals surface area contributed by atoms with Gasteiger partial charge < -0.3 is 9.88 Å². The summed E-state index contributed by atoms with van der Waals surface area (Å²) in [5, 5.41) is 4.15. The highest BCUT2D eigenvalue weighted by Crippen LogP contribution is 2.23. The van der Waals surface area contributed by atoms with Gasteiger partial charge in [-0.3, -0.25) is 0 Å². The second-order valence-corrected chi connectivity index (χ2v) is 5.90. The van der Waals surface area contributed by atoms with Gasteiger partial charge in [0.1, 0.15) is 0 Å². The molecular formula is C16H13BrClN3. The molecule has 106 valence electrons. The van der Waals surface area contributed by atoms with Crippen molar-refractivity contribution in [3.8, 4) is 5.69 Å². The third-order valence-corrected chi connectivity index (χ3v) is 4.15. The summed E-state index contributed by atoms with van der Waals surface area (Å²) in [6, 6.07) is 14.0. The summed E-state index contributed by atoms with van der Waals surface area (Å²) in [5.41, 5.74) is 3.24. The molecule has 1 N–H and O–H groups in total. The number of aromatic nitrogens is 2. The standard InChI is InChI=1S/C16H13BrClN3/c17-16-5-4-13(18)8-12(16)10-20-14-2-1-3-15(9-14)21-7-6-19-11-21/h1-9,11,20H,10H2. The van der Waals surface area contributed by atoms with Gasteiger partial charge in [-0.2, -0.15) is 0 Å². The van der Waals surface area contributed by atoms with Crippen LogP contribution in [0.3, 0.4) is 0 Å². The van der Waals surface area contributed by atoms with Crippen LogP contribution in [0.15, 0.2) is 65.7 Å². The maximum Gasteiger partial charge on any atom is 0.0991 e. The molecular weight excluding hydrogens is 350 g/mol. The highest BCUT2D eigenvalue weighted by molar-refractivity contribution is 9.10. The summed E-state index contributed by atoms with van der Waals surface area (Å²) < 4.78 is 3.02. The molecule has 0 aliphatic heterocycles. The molecule has 0 fully saturated rings. The molecule has 0 spiro atoms. The first-order valence-corrected chi connectivity index (χ1v) is 7.66. The van der Waals surface area contributed by atoms with Crippen molar-refractivity contribution in [2.45, 2.75) is 6.54 Å². The van der Waals surface area contributed by atoms with E-state index in [2.05, 4.69) is 32.3 Å². The molecule has 0 saturated heterocycles. The molecule has 5 heteroatoms. The Hall–Kier alpha value is -1.78. The van der Waals surface area contributed by atoms with E-state index in [1.54, 1.807) is 12.5 Å². The highest BCUT2D eigenvalue weighted by atomic mass is 79.9. The Labute approximate surface area is 136 Å². The maximum absolute atomic E-state index is 6.03. The minimum absolute atomic E-state index is 0.703. The number of anilines is 1. The van der Waals surface area contributed by atoms with E-state index in [0.717, 1.165) is 26.4 Å². The van der Waals surface area contributed by atoms with Crippen LogP contribution in [-0.4, -0.2) is 9.55 Å². The van der Waals surface area contributed by atoms with Gasteiger partial charge in [0, 0.05) is 39.8 Å². The van der Waals surface area contributed by atoms with E-state index in [9.17, 15) is 0 Å². The molecule has 0 unspecified atom stereocenters. The molecule has 3 rings (SSSR count). The van der Waals surface area contributed by atoms with Crippen LogP contribution in [0.4, 0.5) is 5.69 Å². The molecule has 0 saturated carbocycles. The largest absolute Gasteiger partial charge is 0.381 e.